The van der Waals surface area contributed by atoms with Gasteiger partial charge in [0.2, 0.25) is 0 Å². The molecular weight excluding hydrogens is 221 g/mol. The van der Waals surface area contributed by atoms with Crippen LogP contribution < -0.4 is 10.5 Å². The van der Waals surface area contributed by atoms with E-state index in [2.05, 4.69) is 0 Å². The lowest BCUT2D eigenvalue weighted by Crippen LogP contribution is -2.18. The summed E-state index contributed by atoms with van der Waals surface area (Å²) in [5, 5.41) is 1.06. The maximum Gasteiger partial charge on any atom is 0.156 e. The minimum absolute atomic E-state index is 0.122. The third-order valence-corrected chi connectivity index (χ3v) is 2.33. The minimum atomic E-state index is 0.122. The van der Waals surface area contributed by atoms with E-state index in [1.807, 2.05) is 6.92 Å². The summed E-state index contributed by atoms with van der Waals surface area (Å²) in [4.78, 5) is 0. The average Bonchev–Trinajstić information content (AvgIpc) is 2.09. The van der Waals surface area contributed by atoms with Crippen LogP contribution >= 0.6 is 23.2 Å². The van der Waals surface area contributed by atoms with Gasteiger partial charge in [0.15, 0.2) is 5.75 Å². The molecule has 0 amide bonds. The van der Waals surface area contributed by atoms with E-state index in [0.717, 1.165) is 6.42 Å². The summed E-state index contributed by atoms with van der Waals surface area (Å²) in [5.41, 5.74) is 5.59. The van der Waals surface area contributed by atoms with E-state index in [1.165, 1.54) is 0 Å². The molecule has 0 unspecified atom stereocenters. The van der Waals surface area contributed by atoms with Crippen LogP contribution in [0.1, 0.15) is 13.3 Å². The Bertz CT molecular complexity index is 282. The van der Waals surface area contributed by atoms with Crippen molar-refractivity contribution < 1.29 is 4.74 Å². The third-order valence-electron chi connectivity index (χ3n) is 1.74. The summed E-state index contributed by atoms with van der Waals surface area (Å²) in [6, 6.07) is 5.39. The second-order valence-electron chi connectivity index (χ2n) is 3.17. The second-order valence-corrected chi connectivity index (χ2v) is 3.98. The number of nitrogens with two attached hydrogens (primary N) is 1. The molecule has 0 aliphatic carbocycles. The molecule has 0 bridgehead atoms. The van der Waals surface area contributed by atoms with Gasteiger partial charge >= 0.3 is 0 Å². The van der Waals surface area contributed by atoms with Crippen molar-refractivity contribution in [2.45, 2.75) is 19.4 Å². The zero-order valence-electron chi connectivity index (χ0n) is 7.97. The molecule has 0 saturated carbocycles. The van der Waals surface area contributed by atoms with Crippen molar-refractivity contribution in [2.24, 2.45) is 5.73 Å². The van der Waals surface area contributed by atoms with Crippen molar-refractivity contribution in [2.75, 3.05) is 6.61 Å². The normalized spacial score (nSPS) is 12.6. The smallest absolute Gasteiger partial charge is 0.156 e. The van der Waals surface area contributed by atoms with Gasteiger partial charge in [-0.15, -0.1) is 0 Å². The Hall–Kier alpha value is -0.440. The van der Waals surface area contributed by atoms with E-state index in [4.69, 9.17) is 33.7 Å². The van der Waals surface area contributed by atoms with Gasteiger partial charge in [0.1, 0.15) is 0 Å². The lowest BCUT2D eigenvalue weighted by molar-refractivity contribution is 0.301. The van der Waals surface area contributed by atoms with E-state index >= 15 is 0 Å². The number of para-hydroxylation sites is 1. The molecule has 0 aliphatic rings. The fraction of sp³-hybridized carbons (Fsp3) is 0.400. The highest BCUT2D eigenvalue weighted by atomic mass is 35.5. The maximum absolute atomic E-state index is 5.90. The largest absolute Gasteiger partial charge is 0.490 e. The summed E-state index contributed by atoms with van der Waals surface area (Å²) in [6.07, 6.45) is 0.779. The average molecular weight is 234 g/mol. The lowest BCUT2D eigenvalue weighted by atomic mass is 10.3. The van der Waals surface area contributed by atoms with Crippen molar-refractivity contribution in [1.82, 2.24) is 0 Å². The van der Waals surface area contributed by atoms with Crippen LogP contribution in [0.5, 0.6) is 5.75 Å². The van der Waals surface area contributed by atoms with Gasteiger partial charge in [0.05, 0.1) is 16.7 Å². The molecule has 2 N–H and O–H groups in total. The van der Waals surface area contributed by atoms with Crippen LogP contribution in [0.15, 0.2) is 18.2 Å². The molecule has 78 valence electrons. The van der Waals surface area contributed by atoms with Crippen molar-refractivity contribution in [3.8, 4) is 5.75 Å². The van der Waals surface area contributed by atoms with E-state index in [0.29, 0.717) is 22.4 Å². The SMILES string of the molecule is C[C@@H](N)CCOc1c(Cl)cccc1Cl. The highest BCUT2D eigenvalue weighted by molar-refractivity contribution is 6.37. The predicted octanol–water partition coefficient (Wildman–Crippen LogP) is 3.11. The van der Waals surface area contributed by atoms with Crippen molar-refractivity contribution >= 4 is 23.2 Å². The van der Waals surface area contributed by atoms with Gasteiger partial charge in [-0.1, -0.05) is 29.3 Å². The molecule has 1 atom stereocenters. The molecule has 0 saturated heterocycles. The van der Waals surface area contributed by atoms with Crippen LogP contribution in [0.4, 0.5) is 0 Å². The fourth-order valence-electron chi connectivity index (χ4n) is 0.967. The summed E-state index contributed by atoms with van der Waals surface area (Å²) in [5.74, 6) is 0.538. The Morgan fingerprint density at radius 1 is 1.36 bits per heavy atom. The highest BCUT2D eigenvalue weighted by Crippen LogP contribution is 2.32. The van der Waals surface area contributed by atoms with Gasteiger partial charge in [-0.25, -0.2) is 0 Å². The summed E-state index contributed by atoms with van der Waals surface area (Å²) < 4.78 is 5.43. The molecule has 14 heavy (non-hydrogen) atoms. The molecule has 1 rings (SSSR count). The maximum atomic E-state index is 5.90. The quantitative estimate of drug-likeness (QED) is 0.868. The third kappa shape index (κ3) is 3.37. The Morgan fingerprint density at radius 2 is 1.93 bits per heavy atom. The van der Waals surface area contributed by atoms with Crippen LogP contribution in [0, 0.1) is 0 Å². The first kappa shape index (κ1) is 11.6. The molecule has 0 radical (unpaired) electrons. The molecule has 4 heteroatoms. The second kappa shape index (κ2) is 5.44. The summed E-state index contributed by atoms with van der Waals surface area (Å²) >= 11 is 11.8. The first-order valence-corrected chi connectivity index (χ1v) is 5.19. The number of ether oxygens (including phenoxy) is 1. The Morgan fingerprint density at radius 3 is 2.43 bits per heavy atom. The number of benzene rings is 1. The monoisotopic (exact) mass is 233 g/mol. The predicted molar refractivity (Wildman–Crippen MR) is 60.2 cm³/mol. The molecule has 0 heterocycles. The molecule has 0 aliphatic heterocycles. The highest BCUT2D eigenvalue weighted by Gasteiger charge is 2.06. The van der Waals surface area contributed by atoms with Gasteiger partial charge in [0, 0.05) is 6.04 Å². The van der Waals surface area contributed by atoms with Gasteiger partial charge < -0.3 is 10.5 Å². The minimum Gasteiger partial charge on any atom is -0.490 e. The van der Waals surface area contributed by atoms with Crippen LogP contribution in [0.3, 0.4) is 0 Å². The topological polar surface area (TPSA) is 35.2 Å². The van der Waals surface area contributed by atoms with E-state index in [1.54, 1.807) is 18.2 Å². The van der Waals surface area contributed by atoms with Crippen LogP contribution in [0.25, 0.3) is 0 Å². The zero-order chi connectivity index (χ0) is 10.6. The molecule has 1 aromatic rings. The lowest BCUT2D eigenvalue weighted by Gasteiger charge is -2.10. The van der Waals surface area contributed by atoms with Gasteiger partial charge in [-0.05, 0) is 25.5 Å². The van der Waals surface area contributed by atoms with Crippen molar-refractivity contribution in [3.63, 3.8) is 0 Å². The van der Waals surface area contributed by atoms with Crippen LogP contribution in [0.2, 0.25) is 10.0 Å². The number of halogens is 2. The van der Waals surface area contributed by atoms with Crippen molar-refractivity contribution in [3.05, 3.63) is 28.2 Å². The number of hydrogen-bond acceptors (Lipinski definition) is 2. The summed E-state index contributed by atoms with van der Waals surface area (Å²) in [7, 11) is 0. The van der Waals surface area contributed by atoms with Gasteiger partial charge in [-0.2, -0.15) is 0 Å². The van der Waals surface area contributed by atoms with E-state index < -0.39 is 0 Å². The molecule has 0 fully saturated rings. The molecule has 2 nitrogen and oxygen atoms in total. The number of rotatable bonds is 4. The van der Waals surface area contributed by atoms with Gasteiger partial charge in [-0.3, -0.25) is 0 Å². The Labute approximate surface area is 94.0 Å². The summed E-state index contributed by atoms with van der Waals surface area (Å²) in [6.45, 7) is 2.46. The molecule has 1 aromatic carbocycles. The molecule has 0 aromatic heterocycles. The fourth-order valence-corrected chi connectivity index (χ4v) is 1.47. The first-order valence-electron chi connectivity index (χ1n) is 4.43. The molecule has 0 spiro atoms. The van der Waals surface area contributed by atoms with Gasteiger partial charge in [0.25, 0.3) is 0 Å². The first-order chi connectivity index (χ1) is 6.61. The van der Waals surface area contributed by atoms with Crippen molar-refractivity contribution in [1.29, 1.82) is 0 Å². The van der Waals surface area contributed by atoms with Crippen LogP contribution in [-0.4, -0.2) is 12.6 Å². The van der Waals surface area contributed by atoms with E-state index in [9.17, 15) is 0 Å². The van der Waals surface area contributed by atoms with E-state index in [-0.39, 0.29) is 6.04 Å². The molecular formula is C10H13Cl2NO. The standard InChI is InChI=1S/C10H13Cl2NO/c1-7(13)5-6-14-10-8(11)3-2-4-9(10)12/h2-4,7H,5-6,13H2,1H3/t7-/m1/s1. The number of hydrogen-bond donors (Lipinski definition) is 1. The Balaban J connectivity index is 2.58. The zero-order valence-corrected chi connectivity index (χ0v) is 9.48. The Kier molecular flexibility index (Phi) is 4.52. The van der Waals surface area contributed by atoms with Crippen LogP contribution in [-0.2, 0) is 0 Å².